The maximum absolute atomic E-state index is 13.3. The zero-order valence-electron chi connectivity index (χ0n) is 36.1. The number of nitrogen functional groups attached to an aromatic ring is 2. The number of aromatic nitrogens is 6. The monoisotopic (exact) mass is 844 g/mol. The number of fused-ring (bicyclic) bond motifs is 6. The lowest BCUT2D eigenvalue weighted by Crippen LogP contribution is -2.15. The first-order valence-electron chi connectivity index (χ1n) is 22.0. The van der Waals surface area contributed by atoms with Crippen LogP contribution in [0.15, 0.2) is 84.9 Å². The van der Waals surface area contributed by atoms with E-state index in [1.165, 1.54) is 0 Å². The molecule has 0 spiro atoms. The summed E-state index contributed by atoms with van der Waals surface area (Å²) in [6.45, 7) is 6.48. The highest BCUT2D eigenvalue weighted by Gasteiger charge is 2.21. The van der Waals surface area contributed by atoms with Crippen molar-refractivity contribution in [1.29, 1.82) is 0 Å². The molecule has 4 aromatic carbocycles. The van der Waals surface area contributed by atoms with Crippen molar-refractivity contribution in [1.82, 2.24) is 29.1 Å². The first-order valence-corrected chi connectivity index (χ1v) is 22.0. The maximum atomic E-state index is 13.3. The predicted molar refractivity (Wildman–Crippen MR) is 254 cm³/mol. The largest absolute Gasteiger partial charge is 0.382 e. The first kappa shape index (κ1) is 42.8. The highest BCUT2D eigenvalue weighted by Crippen LogP contribution is 2.34. The third-order valence-corrected chi connectivity index (χ3v) is 11.6. The van der Waals surface area contributed by atoms with E-state index in [1.54, 1.807) is 0 Å². The molecule has 0 fully saturated rings. The minimum atomic E-state index is -0.194. The van der Waals surface area contributed by atoms with Gasteiger partial charge >= 0.3 is 0 Å². The van der Waals surface area contributed by atoms with Crippen LogP contribution >= 0.6 is 0 Å². The van der Waals surface area contributed by atoms with E-state index < -0.39 is 0 Å². The van der Waals surface area contributed by atoms with Crippen molar-refractivity contribution < 1.29 is 9.59 Å². The molecule has 8 aromatic rings. The molecule has 2 amide bonds. The van der Waals surface area contributed by atoms with E-state index in [9.17, 15) is 9.59 Å². The summed E-state index contributed by atoms with van der Waals surface area (Å²) in [5, 5.41) is 7.77. The third kappa shape index (κ3) is 9.32. The van der Waals surface area contributed by atoms with E-state index in [-0.39, 0.29) is 24.7 Å². The van der Waals surface area contributed by atoms with Crippen LogP contribution in [-0.4, -0.2) is 40.9 Å². The molecule has 10 N–H and O–H groups in total. The number of carbonyl (C=O) groups excluding carboxylic acids is 2. The molecule has 4 heterocycles. The zero-order chi connectivity index (χ0) is 44.0. The average molecular weight is 845 g/mol. The summed E-state index contributed by atoms with van der Waals surface area (Å²) >= 11 is 0. The standard InChI is InChI=1S/C49H56N12O2/c1-3-5-8-40-58-44-46(60(40)28-32-16-12-30(26-50)13-17-32)36-24-34(20-22-38(36)56-48(44)52)54-42(62)10-7-11-43(63)55-35-21-23-39-37(25-35)47-45(49(53)57-39)59-41(9-6-4-2)61(47)29-33-18-14-31(27-51)15-19-33/h12-25H,3-11,26-29,50-51H2,1-2H3,(H2,52,56)(H2,53,57)(H,54,62)(H,55,63). The SMILES string of the molecule is CCCCc1nc2c(N)nc3ccc(NC(=O)CCCC(=O)Nc4ccc5nc(N)c6nc(CCCC)n(Cc7ccc(CN)cc7)c6c5c4)cc3c2n1Cc1ccc(CN)cc1. The molecule has 0 bridgehead atoms. The van der Waals surface area contributed by atoms with E-state index in [2.05, 4.69) is 67.8 Å². The fraction of sp³-hybridized carbons (Fsp3) is 0.306. The second kappa shape index (κ2) is 19.0. The first-order chi connectivity index (χ1) is 30.7. The predicted octanol–water partition coefficient (Wildman–Crippen LogP) is 8.09. The van der Waals surface area contributed by atoms with Crippen molar-refractivity contribution in [2.75, 3.05) is 22.1 Å². The molecule has 8 rings (SSSR count). The van der Waals surface area contributed by atoms with Crippen molar-refractivity contribution in [3.8, 4) is 0 Å². The zero-order valence-corrected chi connectivity index (χ0v) is 36.1. The maximum Gasteiger partial charge on any atom is 0.224 e. The number of amides is 2. The number of hydrogen-bond donors (Lipinski definition) is 6. The number of nitrogens with one attached hydrogen (secondary N) is 2. The molecule has 0 saturated heterocycles. The molecule has 0 aliphatic rings. The Kier molecular flexibility index (Phi) is 12.9. The van der Waals surface area contributed by atoms with E-state index >= 15 is 0 Å². The number of benzene rings is 4. The molecule has 324 valence electrons. The topological polar surface area (TPSA) is 224 Å². The van der Waals surface area contributed by atoms with Crippen LogP contribution in [0.1, 0.15) is 92.7 Å². The number of nitrogens with zero attached hydrogens (tertiary/aromatic N) is 6. The highest BCUT2D eigenvalue weighted by atomic mass is 16.2. The smallest absolute Gasteiger partial charge is 0.224 e. The lowest BCUT2D eigenvalue weighted by molar-refractivity contribution is -0.117. The van der Waals surface area contributed by atoms with E-state index in [0.717, 1.165) is 94.2 Å². The number of imidazole rings is 2. The molecular formula is C49H56N12O2. The minimum absolute atomic E-state index is 0.159. The van der Waals surface area contributed by atoms with Crippen LogP contribution in [0.5, 0.6) is 0 Å². The summed E-state index contributed by atoms with van der Waals surface area (Å²) in [6, 6.07) is 27.8. The number of anilines is 4. The van der Waals surface area contributed by atoms with Crippen molar-refractivity contribution in [3.63, 3.8) is 0 Å². The fourth-order valence-corrected chi connectivity index (χ4v) is 8.24. The van der Waals surface area contributed by atoms with Crippen LogP contribution in [0.4, 0.5) is 23.0 Å². The van der Waals surface area contributed by atoms with Crippen molar-refractivity contribution >= 4 is 78.7 Å². The molecule has 0 unspecified atom stereocenters. The van der Waals surface area contributed by atoms with Gasteiger partial charge in [0, 0.05) is 74.0 Å². The van der Waals surface area contributed by atoms with E-state index in [0.29, 0.717) is 77.7 Å². The highest BCUT2D eigenvalue weighted by molar-refractivity contribution is 6.09. The van der Waals surface area contributed by atoms with Crippen LogP contribution in [0.25, 0.3) is 43.9 Å². The van der Waals surface area contributed by atoms with Crippen LogP contribution in [-0.2, 0) is 48.6 Å². The minimum Gasteiger partial charge on any atom is -0.382 e. The Balaban J connectivity index is 0.974. The number of nitrogens with two attached hydrogens (primary N) is 4. The van der Waals surface area contributed by atoms with Gasteiger partial charge in [0.25, 0.3) is 0 Å². The van der Waals surface area contributed by atoms with E-state index in [4.69, 9.17) is 32.9 Å². The normalized spacial score (nSPS) is 11.6. The van der Waals surface area contributed by atoms with E-state index in [1.807, 2.05) is 60.7 Å². The number of hydrogen-bond acceptors (Lipinski definition) is 10. The van der Waals surface area contributed by atoms with Gasteiger partial charge in [-0.15, -0.1) is 0 Å². The third-order valence-electron chi connectivity index (χ3n) is 11.6. The number of carbonyl (C=O) groups is 2. The molecule has 0 atom stereocenters. The Morgan fingerprint density at radius 3 is 1.32 bits per heavy atom. The molecule has 0 aliphatic carbocycles. The summed E-state index contributed by atoms with van der Waals surface area (Å²) < 4.78 is 4.44. The molecular weight excluding hydrogens is 789 g/mol. The van der Waals surface area contributed by atoms with Gasteiger partial charge in [0.2, 0.25) is 11.8 Å². The van der Waals surface area contributed by atoms with Crippen LogP contribution < -0.4 is 33.6 Å². The number of rotatable bonds is 18. The molecule has 0 radical (unpaired) electrons. The number of unbranched alkanes of at least 4 members (excludes halogenated alkanes) is 2. The molecule has 0 aliphatic heterocycles. The molecule has 0 saturated carbocycles. The summed E-state index contributed by atoms with van der Waals surface area (Å²) in [5.74, 6) is 2.23. The Labute approximate surface area is 366 Å². The van der Waals surface area contributed by atoms with Gasteiger partial charge < -0.3 is 42.7 Å². The van der Waals surface area contributed by atoms with Gasteiger partial charge in [0.1, 0.15) is 22.7 Å². The quantitative estimate of drug-likeness (QED) is 0.0487. The van der Waals surface area contributed by atoms with Gasteiger partial charge in [-0.05, 0) is 77.9 Å². The molecule has 4 aromatic heterocycles. The Morgan fingerprint density at radius 1 is 0.540 bits per heavy atom. The Hall–Kier alpha value is -6.90. The second-order valence-electron chi connectivity index (χ2n) is 16.3. The van der Waals surface area contributed by atoms with Gasteiger partial charge in [0.15, 0.2) is 11.6 Å². The Bertz CT molecular complexity index is 2740. The van der Waals surface area contributed by atoms with Gasteiger partial charge in [-0.25, -0.2) is 19.9 Å². The summed E-state index contributed by atoms with van der Waals surface area (Å²) in [6.07, 6.45) is 6.29. The summed E-state index contributed by atoms with van der Waals surface area (Å²) in [7, 11) is 0. The van der Waals surface area contributed by atoms with Crippen molar-refractivity contribution in [2.45, 2.75) is 97.8 Å². The fourth-order valence-electron chi connectivity index (χ4n) is 8.24. The van der Waals surface area contributed by atoms with Gasteiger partial charge in [-0.2, -0.15) is 0 Å². The summed E-state index contributed by atoms with van der Waals surface area (Å²) in [5.41, 5.74) is 34.8. The summed E-state index contributed by atoms with van der Waals surface area (Å²) in [4.78, 5) is 46.0. The number of aryl methyl sites for hydroxylation is 2. The van der Waals surface area contributed by atoms with Crippen molar-refractivity contribution in [2.24, 2.45) is 11.5 Å². The molecule has 63 heavy (non-hydrogen) atoms. The molecule has 14 nitrogen and oxygen atoms in total. The lowest BCUT2D eigenvalue weighted by Gasteiger charge is -2.13. The van der Waals surface area contributed by atoms with Crippen LogP contribution in [0, 0.1) is 0 Å². The number of pyridine rings is 2. The van der Waals surface area contributed by atoms with Gasteiger partial charge in [-0.3, -0.25) is 9.59 Å². The van der Waals surface area contributed by atoms with Gasteiger partial charge in [0.05, 0.1) is 22.1 Å². The van der Waals surface area contributed by atoms with Crippen LogP contribution in [0.2, 0.25) is 0 Å². The Morgan fingerprint density at radius 2 is 0.937 bits per heavy atom. The second-order valence-corrected chi connectivity index (χ2v) is 16.3. The molecule has 14 heteroatoms. The van der Waals surface area contributed by atoms with Crippen LogP contribution in [0.3, 0.4) is 0 Å². The average Bonchev–Trinajstić information content (AvgIpc) is 3.84. The van der Waals surface area contributed by atoms with Crippen molar-refractivity contribution in [3.05, 3.63) is 119 Å². The van der Waals surface area contributed by atoms with Gasteiger partial charge in [-0.1, -0.05) is 75.2 Å². The lowest BCUT2D eigenvalue weighted by atomic mass is 10.1.